The van der Waals surface area contributed by atoms with Crippen LogP contribution in [0.2, 0.25) is 5.02 Å². The fraction of sp³-hybridized carbons (Fsp3) is 0.133. The zero-order valence-corrected chi connectivity index (χ0v) is 14.5. The lowest BCUT2D eigenvalue weighted by Crippen LogP contribution is -2.27. The van der Waals surface area contributed by atoms with Crippen molar-refractivity contribution in [3.05, 3.63) is 59.0 Å². The van der Waals surface area contributed by atoms with Gasteiger partial charge in [0.1, 0.15) is 5.82 Å². The highest BCUT2D eigenvalue weighted by Crippen LogP contribution is 2.19. The third kappa shape index (κ3) is 3.78. The maximum Gasteiger partial charge on any atom is 0.252 e. The number of nitrogens with zero attached hydrogens (tertiary/aromatic N) is 3. The lowest BCUT2D eigenvalue weighted by atomic mass is 10.2. The van der Waals surface area contributed by atoms with Crippen LogP contribution in [0.5, 0.6) is 0 Å². The van der Waals surface area contributed by atoms with E-state index < -0.39 is 15.9 Å². The lowest BCUT2D eigenvalue weighted by Gasteiger charge is -2.08. The van der Waals surface area contributed by atoms with Crippen LogP contribution in [0.3, 0.4) is 0 Å². The highest BCUT2D eigenvalue weighted by molar-refractivity contribution is 7.89. The second-order valence-electron chi connectivity index (χ2n) is 5.24. The van der Waals surface area contributed by atoms with Crippen molar-refractivity contribution in [1.29, 1.82) is 0 Å². The van der Waals surface area contributed by atoms with Crippen molar-refractivity contribution in [3.63, 3.8) is 0 Å². The Bertz CT molecular complexity index is 1050. The van der Waals surface area contributed by atoms with Gasteiger partial charge in [-0.3, -0.25) is 9.20 Å². The number of carbonyl (C=O) groups is 1. The largest absolute Gasteiger partial charge is 0.352 e. The summed E-state index contributed by atoms with van der Waals surface area (Å²) in [6.07, 6.45) is 2.28. The van der Waals surface area contributed by atoms with Gasteiger partial charge in [-0.2, -0.15) is 0 Å². The number of amides is 1. The van der Waals surface area contributed by atoms with Crippen molar-refractivity contribution in [2.75, 3.05) is 6.54 Å². The van der Waals surface area contributed by atoms with Gasteiger partial charge in [0.2, 0.25) is 10.0 Å². The van der Waals surface area contributed by atoms with Gasteiger partial charge in [0.05, 0.1) is 15.5 Å². The Morgan fingerprint density at radius 1 is 1.24 bits per heavy atom. The van der Waals surface area contributed by atoms with Gasteiger partial charge in [-0.15, -0.1) is 10.2 Å². The summed E-state index contributed by atoms with van der Waals surface area (Å²) in [4.78, 5) is 12.1. The third-order valence-electron chi connectivity index (χ3n) is 3.53. The van der Waals surface area contributed by atoms with Gasteiger partial charge in [0.15, 0.2) is 5.65 Å². The second-order valence-corrected chi connectivity index (χ2v) is 7.21. The minimum atomic E-state index is -3.92. The molecule has 0 saturated heterocycles. The van der Waals surface area contributed by atoms with Gasteiger partial charge in [-0.1, -0.05) is 17.7 Å². The number of halogens is 1. The van der Waals surface area contributed by atoms with Crippen molar-refractivity contribution in [2.45, 2.75) is 11.3 Å². The number of primary sulfonamides is 1. The van der Waals surface area contributed by atoms with E-state index in [1.807, 2.05) is 28.8 Å². The highest BCUT2D eigenvalue weighted by atomic mass is 35.5. The first kappa shape index (κ1) is 17.3. The maximum absolute atomic E-state index is 12.3. The molecule has 2 aromatic heterocycles. The number of aromatic nitrogens is 3. The molecule has 0 aliphatic heterocycles. The smallest absolute Gasteiger partial charge is 0.252 e. The average Bonchev–Trinajstić information content (AvgIpc) is 2.97. The van der Waals surface area contributed by atoms with Gasteiger partial charge in [0, 0.05) is 19.2 Å². The van der Waals surface area contributed by atoms with Crippen LogP contribution >= 0.6 is 11.6 Å². The van der Waals surface area contributed by atoms with Gasteiger partial charge < -0.3 is 5.32 Å². The summed E-state index contributed by atoms with van der Waals surface area (Å²) < 4.78 is 24.6. The molecular formula is C15H14ClN5O3S. The Morgan fingerprint density at radius 3 is 2.80 bits per heavy atom. The van der Waals surface area contributed by atoms with Crippen LogP contribution in [0.4, 0.5) is 0 Å². The van der Waals surface area contributed by atoms with Gasteiger partial charge in [-0.25, -0.2) is 13.6 Å². The topological polar surface area (TPSA) is 119 Å². The number of nitrogens with two attached hydrogens (primary N) is 1. The Kier molecular flexibility index (Phi) is 4.71. The molecule has 0 atom stereocenters. The number of pyridine rings is 1. The molecule has 10 heteroatoms. The number of carbonyl (C=O) groups excluding carboxylic acids is 1. The van der Waals surface area contributed by atoms with Gasteiger partial charge in [-0.05, 0) is 30.3 Å². The van der Waals surface area contributed by atoms with E-state index in [0.717, 1.165) is 6.07 Å². The molecule has 0 bridgehead atoms. The molecule has 0 spiro atoms. The fourth-order valence-electron chi connectivity index (χ4n) is 2.30. The van der Waals surface area contributed by atoms with E-state index in [1.165, 1.54) is 12.1 Å². The Labute approximate surface area is 148 Å². The Balaban J connectivity index is 1.71. The SMILES string of the molecule is NS(=O)(=O)c1ccc(Cl)c(C(=O)NCCc2nnc3ccccn23)c1. The van der Waals surface area contributed by atoms with E-state index >= 15 is 0 Å². The van der Waals surface area contributed by atoms with Crippen molar-refractivity contribution in [3.8, 4) is 0 Å². The molecule has 1 aromatic carbocycles. The predicted octanol–water partition coefficient (Wildman–Crippen LogP) is 1.00. The second kappa shape index (κ2) is 6.79. The molecule has 0 aliphatic rings. The monoisotopic (exact) mass is 379 g/mol. The third-order valence-corrected chi connectivity index (χ3v) is 4.77. The molecule has 0 unspecified atom stereocenters. The quantitative estimate of drug-likeness (QED) is 0.685. The highest BCUT2D eigenvalue weighted by Gasteiger charge is 2.16. The van der Waals surface area contributed by atoms with E-state index in [0.29, 0.717) is 17.9 Å². The van der Waals surface area contributed by atoms with Gasteiger partial charge in [0.25, 0.3) is 5.91 Å². The van der Waals surface area contributed by atoms with E-state index in [-0.39, 0.29) is 22.0 Å². The standard InChI is InChI=1S/C15H14ClN5O3S/c16-12-5-4-10(25(17,23)24)9-11(12)15(22)18-7-6-14-20-19-13-3-1-2-8-21(13)14/h1-5,8-9H,6-7H2,(H,18,22)(H2,17,23,24). The molecule has 3 aromatic rings. The summed E-state index contributed by atoms with van der Waals surface area (Å²) in [5.41, 5.74) is 0.756. The number of nitrogens with one attached hydrogen (secondary N) is 1. The summed E-state index contributed by atoms with van der Waals surface area (Å²) in [7, 11) is -3.92. The number of fused-ring (bicyclic) bond motifs is 1. The molecule has 0 fully saturated rings. The van der Waals surface area contributed by atoms with Crippen molar-refractivity contribution >= 4 is 33.2 Å². The number of rotatable bonds is 5. The van der Waals surface area contributed by atoms with Crippen LogP contribution in [-0.4, -0.2) is 35.5 Å². The van der Waals surface area contributed by atoms with Crippen molar-refractivity contribution in [2.24, 2.45) is 5.14 Å². The number of hydrogen-bond donors (Lipinski definition) is 2. The number of hydrogen-bond acceptors (Lipinski definition) is 5. The predicted molar refractivity (Wildman–Crippen MR) is 91.8 cm³/mol. The first-order valence-electron chi connectivity index (χ1n) is 7.25. The summed E-state index contributed by atoms with van der Waals surface area (Å²) in [6, 6.07) is 9.26. The molecule has 1 amide bonds. The molecule has 8 nitrogen and oxygen atoms in total. The molecule has 130 valence electrons. The Hall–Kier alpha value is -2.49. The fourth-order valence-corrected chi connectivity index (χ4v) is 3.04. The minimum absolute atomic E-state index is 0.0410. The zero-order valence-electron chi connectivity index (χ0n) is 12.9. The summed E-state index contributed by atoms with van der Waals surface area (Å²) in [5, 5.41) is 16.0. The zero-order chi connectivity index (χ0) is 18.0. The Morgan fingerprint density at radius 2 is 2.04 bits per heavy atom. The number of benzene rings is 1. The van der Waals surface area contributed by atoms with Crippen LogP contribution < -0.4 is 10.5 Å². The summed E-state index contributed by atoms with van der Waals surface area (Å²) in [5.74, 6) is 0.199. The van der Waals surface area contributed by atoms with Crippen LogP contribution in [0.1, 0.15) is 16.2 Å². The van der Waals surface area contributed by atoms with Crippen molar-refractivity contribution in [1.82, 2.24) is 19.9 Å². The average molecular weight is 380 g/mol. The molecule has 25 heavy (non-hydrogen) atoms. The van der Waals surface area contributed by atoms with Gasteiger partial charge >= 0.3 is 0 Å². The number of sulfonamides is 1. The first-order valence-corrected chi connectivity index (χ1v) is 9.18. The molecule has 3 N–H and O–H groups in total. The maximum atomic E-state index is 12.3. The van der Waals surface area contributed by atoms with E-state index in [2.05, 4.69) is 15.5 Å². The van der Waals surface area contributed by atoms with E-state index in [9.17, 15) is 13.2 Å². The molecular weight excluding hydrogens is 366 g/mol. The molecule has 0 aliphatic carbocycles. The lowest BCUT2D eigenvalue weighted by molar-refractivity contribution is 0.0954. The van der Waals surface area contributed by atoms with E-state index in [1.54, 1.807) is 0 Å². The van der Waals surface area contributed by atoms with Crippen molar-refractivity contribution < 1.29 is 13.2 Å². The van der Waals surface area contributed by atoms with E-state index in [4.69, 9.17) is 16.7 Å². The van der Waals surface area contributed by atoms with Crippen LogP contribution in [0.15, 0.2) is 47.5 Å². The van der Waals surface area contributed by atoms with Crippen LogP contribution in [-0.2, 0) is 16.4 Å². The molecule has 2 heterocycles. The normalized spacial score (nSPS) is 11.6. The van der Waals surface area contributed by atoms with Crippen LogP contribution in [0, 0.1) is 0 Å². The first-order chi connectivity index (χ1) is 11.9. The minimum Gasteiger partial charge on any atom is -0.352 e. The summed E-state index contributed by atoms with van der Waals surface area (Å²) in [6.45, 7) is 0.282. The van der Waals surface area contributed by atoms with Crippen LogP contribution in [0.25, 0.3) is 5.65 Å². The molecule has 3 rings (SSSR count). The summed E-state index contributed by atoms with van der Waals surface area (Å²) >= 11 is 5.97. The molecule has 0 radical (unpaired) electrons. The molecule has 0 saturated carbocycles.